The molecule has 0 atom stereocenters. The molecule has 3 nitrogen and oxygen atoms in total. The van der Waals surface area contributed by atoms with E-state index in [2.05, 4.69) is 63.8 Å². The summed E-state index contributed by atoms with van der Waals surface area (Å²) in [5, 5.41) is 3.47. The van der Waals surface area contributed by atoms with E-state index < -0.39 is 0 Å². The molecule has 1 heterocycles. The number of hydrogen-bond acceptors (Lipinski definition) is 3. The van der Waals surface area contributed by atoms with Crippen molar-refractivity contribution in [3.05, 3.63) is 89.2 Å². The maximum Gasteiger partial charge on any atom is 0.223 e. The molecule has 0 unspecified atom stereocenters. The van der Waals surface area contributed by atoms with Crippen molar-refractivity contribution < 1.29 is 0 Å². The van der Waals surface area contributed by atoms with Crippen LogP contribution in [0.15, 0.2) is 66.7 Å². The molecule has 0 saturated heterocycles. The van der Waals surface area contributed by atoms with Gasteiger partial charge in [0.25, 0.3) is 0 Å². The van der Waals surface area contributed by atoms with E-state index in [1.807, 2.05) is 32.0 Å². The smallest absolute Gasteiger partial charge is 0.223 e. The first-order valence-corrected chi connectivity index (χ1v) is 7.41. The minimum absolute atomic E-state index is 0.0311. The van der Waals surface area contributed by atoms with Crippen LogP contribution in [0, 0.1) is 13.8 Å². The molecule has 0 amide bonds. The summed E-state index contributed by atoms with van der Waals surface area (Å²) in [7, 11) is 0. The third-order valence-corrected chi connectivity index (χ3v) is 3.52. The van der Waals surface area contributed by atoms with Crippen molar-refractivity contribution in [3.63, 3.8) is 0 Å². The molecular weight excluding hydrogens is 270 g/mol. The van der Waals surface area contributed by atoms with Gasteiger partial charge in [0.15, 0.2) is 0 Å². The van der Waals surface area contributed by atoms with Gasteiger partial charge in [-0.15, -0.1) is 0 Å². The maximum absolute atomic E-state index is 4.50. The summed E-state index contributed by atoms with van der Waals surface area (Å²) in [6, 6.07) is 22.7. The number of aryl methyl sites for hydroxylation is 2. The van der Waals surface area contributed by atoms with Gasteiger partial charge in [0.2, 0.25) is 5.95 Å². The number of hydrogen-bond donors (Lipinski definition) is 1. The van der Waals surface area contributed by atoms with Gasteiger partial charge < -0.3 is 5.32 Å². The Kier molecular flexibility index (Phi) is 4.15. The van der Waals surface area contributed by atoms with Gasteiger partial charge in [-0.2, -0.15) is 0 Å². The predicted molar refractivity (Wildman–Crippen MR) is 89.9 cm³/mol. The van der Waals surface area contributed by atoms with E-state index in [1.165, 1.54) is 11.1 Å². The molecule has 3 heteroatoms. The average molecular weight is 289 g/mol. The summed E-state index contributed by atoms with van der Waals surface area (Å²) in [4.78, 5) is 9.01. The highest BCUT2D eigenvalue weighted by Gasteiger charge is 2.15. The van der Waals surface area contributed by atoms with Crippen LogP contribution in [0.3, 0.4) is 0 Å². The third-order valence-electron chi connectivity index (χ3n) is 3.52. The number of nitrogens with zero attached hydrogens (tertiary/aromatic N) is 2. The minimum atomic E-state index is 0.0311. The first-order chi connectivity index (χ1) is 10.7. The Morgan fingerprint density at radius 1 is 0.727 bits per heavy atom. The van der Waals surface area contributed by atoms with Crippen LogP contribution in [0.25, 0.3) is 0 Å². The topological polar surface area (TPSA) is 37.8 Å². The van der Waals surface area contributed by atoms with Crippen LogP contribution in [0.1, 0.15) is 28.6 Å². The molecule has 1 aromatic heterocycles. The fourth-order valence-electron chi connectivity index (χ4n) is 2.57. The summed E-state index contributed by atoms with van der Waals surface area (Å²) in [6.45, 7) is 3.97. The van der Waals surface area contributed by atoms with Gasteiger partial charge in [-0.1, -0.05) is 60.7 Å². The standard InChI is InChI=1S/C19H19N3/c1-14-13-15(2)21-19(20-14)22-18(16-9-5-3-6-10-16)17-11-7-4-8-12-17/h3-13,18H,1-2H3,(H,20,21,22). The van der Waals surface area contributed by atoms with Gasteiger partial charge in [0.1, 0.15) is 0 Å². The maximum atomic E-state index is 4.50. The Morgan fingerprint density at radius 3 is 1.64 bits per heavy atom. The second-order valence-electron chi connectivity index (χ2n) is 5.37. The number of nitrogens with one attached hydrogen (secondary N) is 1. The van der Waals surface area contributed by atoms with Crippen molar-refractivity contribution in [2.45, 2.75) is 19.9 Å². The highest BCUT2D eigenvalue weighted by atomic mass is 15.1. The number of benzene rings is 2. The quantitative estimate of drug-likeness (QED) is 0.778. The van der Waals surface area contributed by atoms with Crippen LogP contribution in [-0.2, 0) is 0 Å². The van der Waals surface area contributed by atoms with Crippen molar-refractivity contribution in [2.24, 2.45) is 0 Å². The van der Waals surface area contributed by atoms with E-state index in [0.29, 0.717) is 5.95 Å². The normalized spacial score (nSPS) is 10.7. The summed E-state index contributed by atoms with van der Waals surface area (Å²) in [5.41, 5.74) is 4.32. The van der Waals surface area contributed by atoms with Crippen molar-refractivity contribution in [3.8, 4) is 0 Å². The predicted octanol–water partition coefficient (Wildman–Crippen LogP) is 4.29. The van der Waals surface area contributed by atoms with E-state index in [-0.39, 0.29) is 6.04 Å². The molecule has 0 aliphatic carbocycles. The van der Waals surface area contributed by atoms with Crippen molar-refractivity contribution in [2.75, 3.05) is 5.32 Å². The molecule has 22 heavy (non-hydrogen) atoms. The SMILES string of the molecule is Cc1cc(C)nc(NC(c2ccccc2)c2ccccc2)n1. The molecule has 0 spiro atoms. The Morgan fingerprint density at radius 2 is 1.18 bits per heavy atom. The Labute approximate surface area is 131 Å². The van der Waals surface area contributed by atoms with E-state index in [9.17, 15) is 0 Å². The second kappa shape index (κ2) is 6.39. The second-order valence-corrected chi connectivity index (χ2v) is 5.37. The summed E-state index contributed by atoms with van der Waals surface area (Å²) in [6.07, 6.45) is 0. The van der Waals surface area contributed by atoms with Crippen LogP contribution in [0.4, 0.5) is 5.95 Å². The molecule has 3 aromatic rings. The molecule has 0 saturated carbocycles. The highest BCUT2D eigenvalue weighted by Crippen LogP contribution is 2.25. The van der Waals surface area contributed by atoms with E-state index >= 15 is 0 Å². The Hall–Kier alpha value is -2.68. The molecule has 3 rings (SSSR count). The molecule has 0 aliphatic heterocycles. The van der Waals surface area contributed by atoms with E-state index in [1.54, 1.807) is 0 Å². The Balaban J connectivity index is 1.99. The largest absolute Gasteiger partial charge is 0.343 e. The summed E-state index contributed by atoms with van der Waals surface area (Å²) < 4.78 is 0. The van der Waals surface area contributed by atoms with Crippen LogP contribution in [0.5, 0.6) is 0 Å². The van der Waals surface area contributed by atoms with Crippen molar-refractivity contribution in [1.29, 1.82) is 0 Å². The van der Waals surface area contributed by atoms with E-state index in [4.69, 9.17) is 0 Å². The fourth-order valence-corrected chi connectivity index (χ4v) is 2.57. The van der Waals surface area contributed by atoms with Crippen molar-refractivity contribution >= 4 is 5.95 Å². The molecular formula is C19H19N3. The zero-order valence-corrected chi connectivity index (χ0v) is 12.8. The average Bonchev–Trinajstić information content (AvgIpc) is 2.53. The monoisotopic (exact) mass is 289 g/mol. The lowest BCUT2D eigenvalue weighted by atomic mass is 9.99. The number of aromatic nitrogens is 2. The zero-order chi connectivity index (χ0) is 15.4. The lowest BCUT2D eigenvalue weighted by Crippen LogP contribution is -2.15. The lowest BCUT2D eigenvalue weighted by molar-refractivity contribution is 0.896. The highest BCUT2D eigenvalue weighted by molar-refractivity contribution is 5.41. The van der Waals surface area contributed by atoms with Gasteiger partial charge in [-0.3, -0.25) is 0 Å². The molecule has 1 N–H and O–H groups in total. The zero-order valence-electron chi connectivity index (χ0n) is 12.8. The first kappa shape index (κ1) is 14.3. The third kappa shape index (κ3) is 3.31. The van der Waals surface area contributed by atoms with Crippen LogP contribution in [0.2, 0.25) is 0 Å². The molecule has 0 bridgehead atoms. The first-order valence-electron chi connectivity index (χ1n) is 7.41. The molecule has 0 aliphatic rings. The number of anilines is 1. The van der Waals surface area contributed by atoms with Gasteiger partial charge in [0.05, 0.1) is 6.04 Å². The van der Waals surface area contributed by atoms with Gasteiger partial charge >= 0.3 is 0 Å². The molecule has 110 valence electrons. The van der Waals surface area contributed by atoms with Crippen LogP contribution >= 0.6 is 0 Å². The van der Waals surface area contributed by atoms with Gasteiger partial charge in [-0.25, -0.2) is 9.97 Å². The lowest BCUT2D eigenvalue weighted by Gasteiger charge is -2.20. The minimum Gasteiger partial charge on any atom is -0.343 e. The van der Waals surface area contributed by atoms with Crippen molar-refractivity contribution in [1.82, 2.24) is 9.97 Å². The van der Waals surface area contributed by atoms with Crippen LogP contribution < -0.4 is 5.32 Å². The van der Waals surface area contributed by atoms with Crippen LogP contribution in [-0.4, -0.2) is 9.97 Å². The fraction of sp³-hybridized carbons (Fsp3) is 0.158. The van der Waals surface area contributed by atoms with Gasteiger partial charge in [-0.05, 0) is 31.0 Å². The Bertz CT molecular complexity index is 679. The summed E-state index contributed by atoms with van der Waals surface area (Å²) >= 11 is 0. The summed E-state index contributed by atoms with van der Waals surface area (Å²) in [5.74, 6) is 0.662. The molecule has 0 radical (unpaired) electrons. The molecule has 2 aromatic carbocycles. The van der Waals surface area contributed by atoms with E-state index in [0.717, 1.165) is 11.4 Å². The van der Waals surface area contributed by atoms with Gasteiger partial charge in [0, 0.05) is 11.4 Å². The molecule has 0 fully saturated rings. The number of rotatable bonds is 4.